The molecule has 7 heteroatoms. The van der Waals surface area contributed by atoms with Crippen LogP contribution in [0, 0.1) is 10.1 Å². The Morgan fingerprint density at radius 3 is 2.40 bits per heavy atom. The van der Waals surface area contributed by atoms with Gasteiger partial charge >= 0.3 is 0 Å². The van der Waals surface area contributed by atoms with Gasteiger partial charge in [0.05, 0.1) is 4.92 Å². The zero-order valence-corrected chi connectivity index (χ0v) is 20.0. The van der Waals surface area contributed by atoms with Crippen LogP contribution >= 0.6 is 11.6 Å². The van der Waals surface area contributed by atoms with Crippen molar-refractivity contribution in [3.05, 3.63) is 111 Å². The third-order valence-corrected chi connectivity index (χ3v) is 7.14. The fourth-order valence-electron chi connectivity index (χ4n) is 5.03. The molecule has 5 rings (SSSR count). The fourth-order valence-corrected chi connectivity index (χ4v) is 5.30. The van der Waals surface area contributed by atoms with Gasteiger partial charge in [0.25, 0.3) is 5.69 Å². The summed E-state index contributed by atoms with van der Waals surface area (Å²) in [6, 6.07) is 22.6. The molecule has 0 aliphatic carbocycles. The van der Waals surface area contributed by atoms with Gasteiger partial charge in [-0.3, -0.25) is 14.9 Å². The number of nitro groups is 1. The first kappa shape index (κ1) is 23.1. The van der Waals surface area contributed by atoms with Crippen molar-refractivity contribution in [2.45, 2.75) is 31.7 Å². The summed E-state index contributed by atoms with van der Waals surface area (Å²) in [6.07, 6.45) is 4.33. The first-order valence-electron chi connectivity index (χ1n) is 11.8. The lowest BCUT2D eigenvalue weighted by Crippen LogP contribution is -2.29. The van der Waals surface area contributed by atoms with Crippen LogP contribution in [-0.4, -0.2) is 33.4 Å². The van der Waals surface area contributed by atoms with E-state index in [-0.39, 0.29) is 28.9 Å². The first-order chi connectivity index (χ1) is 17.0. The number of nitrogens with zero attached hydrogens (tertiary/aromatic N) is 3. The quantitative estimate of drug-likeness (QED) is 0.224. The maximum atomic E-state index is 13.3. The SMILES string of the molecule is O=C(C[C@H](c1ccccc1Cl)c1cn(Cc2ccccc2)c2ccc([N+](=O)[O-])cc12)N1CCCC1. The van der Waals surface area contributed by atoms with Gasteiger partial charge in [0.1, 0.15) is 0 Å². The molecule has 0 bridgehead atoms. The van der Waals surface area contributed by atoms with Crippen LogP contribution in [0.5, 0.6) is 0 Å². The predicted octanol–water partition coefficient (Wildman–Crippen LogP) is 6.40. The Labute approximate surface area is 208 Å². The zero-order chi connectivity index (χ0) is 24.4. The highest BCUT2D eigenvalue weighted by molar-refractivity contribution is 6.31. The van der Waals surface area contributed by atoms with Gasteiger partial charge < -0.3 is 9.47 Å². The topological polar surface area (TPSA) is 68.4 Å². The average Bonchev–Trinajstić information content (AvgIpc) is 3.52. The lowest BCUT2D eigenvalue weighted by molar-refractivity contribution is -0.384. The Bertz CT molecular complexity index is 1380. The molecule has 1 saturated heterocycles. The summed E-state index contributed by atoms with van der Waals surface area (Å²) in [7, 11) is 0. The third-order valence-electron chi connectivity index (χ3n) is 6.80. The number of benzene rings is 3. The molecular formula is C28H26ClN3O3. The van der Waals surface area contributed by atoms with Crippen molar-refractivity contribution in [1.82, 2.24) is 9.47 Å². The molecular weight excluding hydrogens is 462 g/mol. The van der Waals surface area contributed by atoms with Gasteiger partial charge in [0.15, 0.2) is 0 Å². The van der Waals surface area contributed by atoms with Crippen LogP contribution in [0.1, 0.15) is 41.9 Å². The molecule has 0 spiro atoms. The van der Waals surface area contributed by atoms with Crippen LogP contribution in [0.2, 0.25) is 5.02 Å². The summed E-state index contributed by atoms with van der Waals surface area (Å²) in [6.45, 7) is 2.16. The summed E-state index contributed by atoms with van der Waals surface area (Å²) < 4.78 is 2.11. The van der Waals surface area contributed by atoms with E-state index in [0.29, 0.717) is 11.6 Å². The van der Waals surface area contributed by atoms with Crippen molar-refractivity contribution in [3.63, 3.8) is 0 Å². The lowest BCUT2D eigenvalue weighted by Gasteiger charge is -2.22. The number of amides is 1. The molecule has 35 heavy (non-hydrogen) atoms. The number of rotatable bonds is 7. The molecule has 0 saturated carbocycles. The fraction of sp³-hybridized carbons (Fsp3) is 0.250. The van der Waals surface area contributed by atoms with E-state index in [1.165, 1.54) is 6.07 Å². The second-order valence-corrected chi connectivity index (χ2v) is 9.43. The van der Waals surface area contributed by atoms with Crippen molar-refractivity contribution in [1.29, 1.82) is 0 Å². The standard InChI is InChI=1S/C28H26ClN3O3/c29-26-11-5-4-10-22(26)23(17-28(33)30-14-6-7-15-30)25-19-31(18-20-8-2-1-3-9-20)27-13-12-21(32(34)35)16-24(25)27/h1-5,8-13,16,19,23H,6-7,14-15,17-18H2/t23-/m1/s1. The number of hydrogen-bond acceptors (Lipinski definition) is 3. The van der Waals surface area contributed by atoms with Gasteiger partial charge in [-0.2, -0.15) is 0 Å². The summed E-state index contributed by atoms with van der Waals surface area (Å²) in [4.78, 5) is 26.4. The molecule has 0 radical (unpaired) electrons. The van der Waals surface area contributed by atoms with E-state index in [1.807, 2.05) is 53.6 Å². The van der Waals surface area contributed by atoms with Gasteiger partial charge in [-0.25, -0.2) is 0 Å². The number of fused-ring (bicyclic) bond motifs is 1. The predicted molar refractivity (Wildman–Crippen MR) is 138 cm³/mol. The summed E-state index contributed by atoms with van der Waals surface area (Å²) >= 11 is 6.64. The van der Waals surface area contributed by atoms with Crippen molar-refractivity contribution in [2.75, 3.05) is 13.1 Å². The largest absolute Gasteiger partial charge is 0.343 e. The minimum absolute atomic E-state index is 0.0278. The van der Waals surface area contributed by atoms with Gasteiger partial charge in [0, 0.05) is 66.2 Å². The second kappa shape index (κ2) is 9.92. The van der Waals surface area contributed by atoms with Gasteiger partial charge in [-0.1, -0.05) is 60.1 Å². The number of aromatic nitrogens is 1. The summed E-state index contributed by atoms with van der Waals surface area (Å²) in [5, 5.41) is 13.0. The molecule has 1 atom stereocenters. The van der Waals surface area contributed by atoms with E-state index in [4.69, 9.17) is 11.6 Å². The molecule has 0 N–H and O–H groups in total. The maximum absolute atomic E-state index is 13.3. The average molecular weight is 488 g/mol. The van der Waals surface area contributed by atoms with E-state index in [1.54, 1.807) is 12.1 Å². The highest BCUT2D eigenvalue weighted by atomic mass is 35.5. The number of carbonyl (C=O) groups excluding carboxylic acids is 1. The normalized spacial score (nSPS) is 14.4. The number of carbonyl (C=O) groups is 1. The van der Waals surface area contributed by atoms with Crippen LogP contribution in [-0.2, 0) is 11.3 Å². The molecule has 178 valence electrons. The highest BCUT2D eigenvalue weighted by Crippen LogP contribution is 2.39. The van der Waals surface area contributed by atoms with Crippen molar-refractivity contribution >= 4 is 34.1 Å². The van der Waals surface area contributed by atoms with Gasteiger partial charge in [-0.15, -0.1) is 0 Å². The van der Waals surface area contributed by atoms with E-state index in [2.05, 4.69) is 16.7 Å². The van der Waals surface area contributed by atoms with Crippen LogP contribution in [0.4, 0.5) is 5.69 Å². The third kappa shape index (κ3) is 4.80. The molecule has 1 aliphatic heterocycles. The van der Waals surface area contributed by atoms with E-state index >= 15 is 0 Å². The van der Waals surface area contributed by atoms with Gasteiger partial charge in [-0.05, 0) is 41.7 Å². The monoisotopic (exact) mass is 487 g/mol. The molecule has 1 aliphatic rings. The van der Waals surface area contributed by atoms with E-state index in [0.717, 1.165) is 53.5 Å². The molecule has 1 aromatic heterocycles. The minimum Gasteiger partial charge on any atom is -0.343 e. The Kier molecular flexibility index (Phi) is 6.55. The van der Waals surface area contributed by atoms with E-state index in [9.17, 15) is 14.9 Å². The Morgan fingerprint density at radius 1 is 0.971 bits per heavy atom. The van der Waals surface area contributed by atoms with Crippen LogP contribution in [0.15, 0.2) is 79.0 Å². The number of nitro benzene ring substituents is 1. The molecule has 3 aromatic carbocycles. The minimum atomic E-state index is -0.377. The van der Waals surface area contributed by atoms with E-state index < -0.39 is 0 Å². The van der Waals surface area contributed by atoms with Gasteiger partial charge in [0.2, 0.25) is 5.91 Å². The zero-order valence-electron chi connectivity index (χ0n) is 19.3. The van der Waals surface area contributed by atoms with Crippen molar-refractivity contribution in [3.8, 4) is 0 Å². The molecule has 1 fully saturated rings. The van der Waals surface area contributed by atoms with Crippen LogP contribution in [0.3, 0.4) is 0 Å². The summed E-state index contributed by atoms with van der Waals surface area (Å²) in [5.41, 5.74) is 3.77. The molecule has 4 aromatic rings. The lowest BCUT2D eigenvalue weighted by atomic mass is 9.87. The smallest absolute Gasteiger partial charge is 0.270 e. The number of non-ortho nitro benzene ring substituents is 1. The highest BCUT2D eigenvalue weighted by Gasteiger charge is 2.28. The molecule has 6 nitrogen and oxygen atoms in total. The molecule has 2 heterocycles. The number of hydrogen-bond donors (Lipinski definition) is 0. The number of halogens is 1. The molecule has 0 unspecified atom stereocenters. The maximum Gasteiger partial charge on any atom is 0.270 e. The van der Waals surface area contributed by atoms with Crippen molar-refractivity contribution < 1.29 is 9.72 Å². The Morgan fingerprint density at radius 2 is 1.69 bits per heavy atom. The Balaban J connectivity index is 1.66. The van der Waals surface area contributed by atoms with Crippen LogP contribution in [0.25, 0.3) is 10.9 Å². The number of likely N-dealkylation sites (tertiary alicyclic amines) is 1. The molecule has 1 amide bonds. The van der Waals surface area contributed by atoms with Crippen molar-refractivity contribution in [2.24, 2.45) is 0 Å². The Hall–Kier alpha value is -3.64. The second-order valence-electron chi connectivity index (χ2n) is 9.02. The summed E-state index contributed by atoms with van der Waals surface area (Å²) in [5.74, 6) is -0.236. The van der Waals surface area contributed by atoms with Crippen LogP contribution < -0.4 is 0 Å². The first-order valence-corrected chi connectivity index (χ1v) is 12.2.